The van der Waals surface area contributed by atoms with Crippen molar-refractivity contribution in [1.29, 1.82) is 0 Å². The minimum atomic E-state index is -0.458. The number of nitrogens with zero attached hydrogens (tertiary/aromatic N) is 2. The van der Waals surface area contributed by atoms with Crippen molar-refractivity contribution in [3.63, 3.8) is 0 Å². The summed E-state index contributed by atoms with van der Waals surface area (Å²) >= 11 is 0. The number of phenolic OH excluding ortho intramolecular Hbond substituents is 1. The summed E-state index contributed by atoms with van der Waals surface area (Å²) in [5.74, 6) is 1.03. The highest BCUT2D eigenvalue weighted by atomic mass is 16.6. The minimum absolute atomic E-state index is 0.0553. The van der Waals surface area contributed by atoms with Gasteiger partial charge in [0, 0.05) is 60.3 Å². The maximum absolute atomic E-state index is 13.9. The molecule has 5 atom stereocenters. The molecule has 0 radical (unpaired) electrons. The first kappa shape index (κ1) is 29.7. The molecule has 1 spiro atoms. The van der Waals surface area contributed by atoms with Gasteiger partial charge in [0.1, 0.15) is 11.9 Å². The summed E-state index contributed by atoms with van der Waals surface area (Å²) in [6, 6.07) is 14.1. The fourth-order valence-corrected chi connectivity index (χ4v) is 8.81. The molecule has 1 saturated heterocycles. The number of hydrogen-bond donors (Lipinski definition) is 1. The average molecular weight is 611 g/mol. The summed E-state index contributed by atoms with van der Waals surface area (Å²) in [5.41, 5.74) is 3.67. The van der Waals surface area contributed by atoms with E-state index in [1.807, 2.05) is 11.0 Å². The number of hydrogen-bond acceptors (Lipinski definition) is 7. The van der Waals surface area contributed by atoms with Crippen LogP contribution in [0.1, 0.15) is 62.3 Å². The Labute approximate surface area is 264 Å². The van der Waals surface area contributed by atoms with E-state index in [-0.39, 0.29) is 41.5 Å². The monoisotopic (exact) mass is 610 g/mol. The van der Waals surface area contributed by atoms with Crippen molar-refractivity contribution in [2.75, 3.05) is 19.6 Å². The molecule has 1 aromatic heterocycles. The van der Waals surface area contributed by atoms with E-state index in [4.69, 9.17) is 13.9 Å². The van der Waals surface area contributed by atoms with Crippen molar-refractivity contribution >= 4 is 18.0 Å². The number of carbonyl (C=O) groups is 2. The van der Waals surface area contributed by atoms with Crippen molar-refractivity contribution in [3.8, 4) is 17.2 Å². The highest BCUT2D eigenvalue weighted by Crippen LogP contribution is 2.65. The van der Waals surface area contributed by atoms with Crippen LogP contribution in [0.3, 0.4) is 0 Å². The third-order valence-corrected chi connectivity index (χ3v) is 10.5. The quantitative estimate of drug-likeness (QED) is 0.187. The zero-order valence-corrected chi connectivity index (χ0v) is 26.3. The van der Waals surface area contributed by atoms with Gasteiger partial charge in [-0.25, -0.2) is 0 Å². The van der Waals surface area contributed by atoms with E-state index in [1.165, 1.54) is 12.5 Å². The normalized spacial score (nSPS) is 26.5. The molecule has 8 heteroatoms. The lowest BCUT2D eigenvalue weighted by molar-refractivity contribution is -0.138. The molecule has 236 valence electrons. The summed E-state index contributed by atoms with van der Waals surface area (Å²) in [6.07, 6.45) is 10.6. The summed E-state index contributed by atoms with van der Waals surface area (Å²) in [5, 5.41) is 11.4. The second kappa shape index (κ2) is 11.7. The summed E-state index contributed by atoms with van der Waals surface area (Å²) in [6.45, 7) is 8.07. The Bertz CT molecular complexity index is 1600. The first-order chi connectivity index (χ1) is 21.8. The van der Waals surface area contributed by atoms with Crippen molar-refractivity contribution in [2.24, 2.45) is 11.8 Å². The van der Waals surface area contributed by atoms with Crippen LogP contribution in [0, 0.1) is 11.8 Å². The number of aromatic hydroxyl groups is 1. The highest BCUT2D eigenvalue weighted by molar-refractivity contribution is 5.92. The number of carbonyl (C=O) groups excluding carboxylic acids is 2. The summed E-state index contributed by atoms with van der Waals surface area (Å²) in [4.78, 5) is 30.7. The summed E-state index contributed by atoms with van der Waals surface area (Å²) < 4.78 is 17.8. The lowest BCUT2D eigenvalue weighted by Gasteiger charge is -2.60. The highest BCUT2D eigenvalue weighted by Gasteiger charge is 2.67. The standard InChI is InChI=1S/C37H42N2O6/c1-23(2)21-39(33(42)12-9-26-14-18-43-22-26)29-11-10-28-30-19-27-31(41)20-32(44-24(3)40)35-34(27)37(28,36(29)45-35)15-17-38(30)16-13-25-7-5-4-6-8-25/h4-9,12,14,18,20,22-23,28-30,36,41H,10-11,13,15-17,19,21H2,1-3H3/b12-9+/t28-,29-,30+,36-,37-/m0/s1. The molecule has 3 aromatic rings. The molecule has 2 bridgehead atoms. The average Bonchev–Trinajstić information content (AvgIpc) is 3.66. The number of benzene rings is 2. The summed E-state index contributed by atoms with van der Waals surface area (Å²) in [7, 11) is 0. The van der Waals surface area contributed by atoms with Gasteiger partial charge in [0.05, 0.1) is 18.6 Å². The first-order valence-electron chi connectivity index (χ1n) is 16.3. The maximum atomic E-state index is 13.9. The van der Waals surface area contributed by atoms with Crippen LogP contribution in [0.5, 0.6) is 17.2 Å². The third-order valence-electron chi connectivity index (χ3n) is 10.5. The zero-order chi connectivity index (χ0) is 31.3. The maximum Gasteiger partial charge on any atom is 0.308 e. The molecule has 45 heavy (non-hydrogen) atoms. The molecule has 1 saturated carbocycles. The molecule has 1 amide bonds. The number of ether oxygens (including phenoxy) is 2. The molecule has 2 aliphatic carbocycles. The van der Waals surface area contributed by atoms with Crippen LogP contribution in [0.2, 0.25) is 0 Å². The number of esters is 1. The van der Waals surface area contributed by atoms with Crippen LogP contribution in [-0.2, 0) is 27.8 Å². The van der Waals surface area contributed by atoms with Crippen LogP contribution >= 0.6 is 0 Å². The molecular formula is C37H42N2O6. The number of furan rings is 1. The van der Waals surface area contributed by atoms with E-state index in [0.717, 1.165) is 61.9 Å². The predicted molar refractivity (Wildman–Crippen MR) is 170 cm³/mol. The Morgan fingerprint density at radius 2 is 2.02 bits per heavy atom. The number of amides is 1. The van der Waals surface area contributed by atoms with Crippen LogP contribution < -0.4 is 9.47 Å². The molecule has 2 aromatic carbocycles. The van der Waals surface area contributed by atoms with E-state index >= 15 is 0 Å². The van der Waals surface area contributed by atoms with E-state index < -0.39 is 11.4 Å². The van der Waals surface area contributed by atoms with Crippen LogP contribution in [0.15, 0.2) is 65.5 Å². The molecule has 0 unspecified atom stereocenters. The van der Waals surface area contributed by atoms with Gasteiger partial charge in [-0.1, -0.05) is 44.2 Å². The predicted octanol–water partition coefficient (Wildman–Crippen LogP) is 5.76. The molecule has 3 heterocycles. The lowest BCUT2D eigenvalue weighted by Crippen LogP contribution is -2.69. The van der Waals surface area contributed by atoms with Crippen molar-refractivity contribution in [2.45, 2.75) is 76.5 Å². The second-order valence-electron chi connectivity index (χ2n) is 13.6. The number of likely N-dealkylation sites (tertiary alicyclic amines) is 1. The van der Waals surface area contributed by atoms with Crippen molar-refractivity contribution < 1.29 is 28.6 Å². The Balaban J connectivity index is 1.28. The lowest BCUT2D eigenvalue weighted by atomic mass is 9.50. The smallest absolute Gasteiger partial charge is 0.308 e. The number of rotatable bonds is 9. The zero-order valence-electron chi connectivity index (χ0n) is 26.3. The van der Waals surface area contributed by atoms with Gasteiger partial charge in [0.25, 0.3) is 0 Å². The Kier molecular flexibility index (Phi) is 7.72. The van der Waals surface area contributed by atoms with Gasteiger partial charge in [0.15, 0.2) is 11.5 Å². The molecular weight excluding hydrogens is 568 g/mol. The second-order valence-corrected chi connectivity index (χ2v) is 13.6. The van der Waals surface area contributed by atoms with Crippen molar-refractivity contribution in [1.82, 2.24) is 9.80 Å². The number of phenols is 1. The van der Waals surface area contributed by atoms with Crippen LogP contribution in [0.4, 0.5) is 0 Å². The van der Waals surface area contributed by atoms with E-state index in [1.54, 1.807) is 30.7 Å². The van der Waals surface area contributed by atoms with Gasteiger partial charge in [-0.15, -0.1) is 0 Å². The molecule has 8 nitrogen and oxygen atoms in total. The molecule has 2 aliphatic heterocycles. The van der Waals surface area contributed by atoms with Crippen LogP contribution in [-0.4, -0.2) is 64.6 Å². The van der Waals surface area contributed by atoms with Gasteiger partial charge in [0.2, 0.25) is 5.91 Å². The fraction of sp³-hybridized carbons (Fsp3) is 0.459. The Morgan fingerprint density at radius 3 is 2.76 bits per heavy atom. The topological polar surface area (TPSA) is 92.5 Å². The Morgan fingerprint density at radius 1 is 1.20 bits per heavy atom. The van der Waals surface area contributed by atoms with Gasteiger partial charge < -0.3 is 23.9 Å². The van der Waals surface area contributed by atoms with E-state index in [9.17, 15) is 14.7 Å². The minimum Gasteiger partial charge on any atom is -0.508 e. The van der Waals surface area contributed by atoms with Gasteiger partial charge >= 0.3 is 5.97 Å². The SMILES string of the molecule is CC(=O)Oc1cc(O)c2c3c1O[C@H]1[C@@H](N(CC(C)C)C(=O)/C=C/c4ccoc4)CC[C@H]4[C@@H](C2)N(CCc2ccccc2)CC[C@@]341. The largest absolute Gasteiger partial charge is 0.508 e. The Hall–Kier alpha value is -4.04. The molecule has 7 rings (SSSR count). The van der Waals surface area contributed by atoms with E-state index in [2.05, 4.69) is 49.1 Å². The van der Waals surface area contributed by atoms with E-state index in [0.29, 0.717) is 18.2 Å². The number of piperidine rings is 1. The molecule has 4 aliphatic rings. The fourth-order valence-electron chi connectivity index (χ4n) is 8.81. The molecule has 1 N–H and O–H groups in total. The third kappa shape index (κ3) is 5.13. The van der Waals surface area contributed by atoms with Crippen LogP contribution in [0.25, 0.3) is 6.08 Å². The van der Waals surface area contributed by atoms with Gasteiger partial charge in [-0.3, -0.25) is 14.5 Å². The van der Waals surface area contributed by atoms with Gasteiger partial charge in [-0.2, -0.15) is 0 Å². The molecule has 2 fully saturated rings. The first-order valence-corrected chi connectivity index (χ1v) is 16.3. The van der Waals surface area contributed by atoms with Crippen molar-refractivity contribution in [3.05, 3.63) is 83.3 Å². The van der Waals surface area contributed by atoms with Gasteiger partial charge in [-0.05, 0) is 68.2 Å².